The Morgan fingerprint density at radius 2 is 0.651 bits per heavy atom. The lowest BCUT2D eigenvalue weighted by molar-refractivity contribution is -0.166. The van der Waals surface area contributed by atoms with Crippen molar-refractivity contribution in [2.24, 2.45) is 0 Å². The van der Waals surface area contributed by atoms with E-state index in [0.29, 0.717) is 17.8 Å². The van der Waals surface area contributed by atoms with Crippen LogP contribution in [0, 0.1) is 0 Å². The van der Waals surface area contributed by atoms with E-state index in [4.69, 9.17) is 14.2 Å². The van der Waals surface area contributed by atoms with Crippen LogP contribution in [0.3, 0.4) is 0 Å². The van der Waals surface area contributed by atoms with Gasteiger partial charge in [0, 0.05) is 0 Å². The van der Waals surface area contributed by atoms with Gasteiger partial charge in [0.15, 0.2) is 0 Å². The van der Waals surface area contributed by atoms with Gasteiger partial charge in [0.25, 0.3) is 0 Å². The molecule has 4 heteroatoms. The maximum absolute atomic E-state index is 7.37. The van der Waals surface area contributed by atoms with Gasteiger partial charge in [-0.05, 0) is 111 Å². The average Bonchev–Trinajstić information content (AvgIpc) is 3.67. The van der Waals surface area contributed by atoms with Crippen molar-refractivity contribution in [1.29, 1.82) is 0 Å². The molecule has 9 rings (SSSR count). The largest absolute Gasteiger partial charge is 0.349 e. The van der Waals surface area contributed by atoms with Crippen LogP contribution in [0.25, 0.3) is 0 Å². The van der Waals surface area contributed by atoms with Crippen molar-refractivity contribution in [3.63, 3.8) is 0 Å². The van der Waals surface area contributed by atoms with Gasteiger partial charge in [-0.2, -0.15) is 0 Å². The molecule has 0 N–H and O–H groups in total. The first-order valence-corrected chi connectivity index (χ1v) is 17.1. The molecule has 3 aliphatic heterocycles. The van der Waals surface area contributed by atoms with Crippen LogP contribution >= 0.6 is 0 Å². The molecule has 0 amide bonds. The average molecular weight is 576 g/mol. The molecule has 3 spiro atoms. The molecule has 3 aliphatic carbocycles. The van der Waals surface area contributed by atoms with Crippen LogP contribution in [0.4, 0.5) is 0 Å². The van der Waals surface area contributed by atoms with E-state index >= 15 is 0 Å². The predicted molar refractivity (Wildman–Crippen MR) is 168 cm³/mol. The van der Waals surface area contributed by atoms with Crippen molar-refractivity contribution in [3.05, 3.63) is 108 Å². The van der Waals surface area contributed by atoms with E-state index in [1.165, 1.54) is 55.2 Å². The Kier molecular flexibility index (Phi) is 6.42. The SMILES string of the molecule is c1ccc(C2CCC3(CC2)O[C@@H]2N4[C@H]3OC3(CCC(c5ccccc5)CC3)[C@@H]4OC23CCC(c2ccccc2)CC3)cc1. The van der Waals surface area contributed by atoms with E-state index in [0.717, 1.165) is 38.5 Å². The van der Waals surface area contributed by atoms with E-state index in [2.05, 4.69) is 95.9 Å². The van der Waals surface area contributed by atoms with E-state index in [-0.39, 0.29) is 35.5 Å². The highest BCUT2D eigenvalue weighted by Gasteiger charge is 2.75. The van der Waals surface area contributed by atoms with Crippen molar-refractivity contribution < 1.29 is 14.2 Å². The minimum absolute atomic E-state index is 0.0127. The Balaban J connectivity index is 1.00. The molecule has 4 nitrogen and oxygen atoms in total. The highest BCUT2D eigenvalue weighted by atomic mass is 16.7. The summed E-state index contributed by atoms with van der Waals surface area (Å²) in [5.41, 5.74) is 3.78. The summed E-state index contributed by atoms with van der Waals surface area (Å²) in [6, 6.07) is 33.4. The van der Waals surface area contributed by atoms with E-state index in [9.17, 15) is 0 Å². The lowest BCUT2D eigenvalue weighted by Crippen LogP contribution is -2.47. The molecule has 43 heavy (non-hydrogen) atoms. The fourth-order valence-electron chi connectivity index (χ4n) is 10.1. The standard InChI is InChI=1S/C39H45NO3/c1-4-10-28(11-5-1)31-16-22-37(23-17-31)34-40-35(41-37)38(24-18-32(19-25-38)29-12-6-2-7-13-29)43-36(40)39(42-34)26-20-33(21-27-39)30-14-8-3-9-15-30/h1-15,31-36H,16-27H2/t31?,32?,33?,34-,35-,36-,37?,38?,39?/m0/s1. The molecular weight excluding hydrogens is 530 g/mol. The number of nitrogens with zero attached hydrogens (tertiary/aromatic N) is 1. The fourth-order valence-corrected chi connectivity index (χ4v) is 10.1. The lowest BCUT2D eigenvalue weighted by Gasteiger charge is -2.42. The number of hydrogen-bond donors (Lipinski definition) is 0. The molecule has 6 aliphatic rings. The van der Waals surface area contributed by atoms with Crippen LogP contribution in [-0.4, -0.2) is 40.4 Å². The third-order valence-electron chi connectivity index (χ3n) is 12.5. The van der Waals surface area contributed by atoms with Crippen LogP contribution in [0.15, 0.2) is 91.0 Å². The minimum atomic E-state index is -0.221. The number of fused-ring (bicyclic) bond motifs is 3. The fraction of sp³-hybridized carbons (Fsp3) is 0.538. The predicted octanol–water partition coefficient (Wildman–Crippen LogP) is 8.65. The first-order chi connectivity index (χ1) is 21.2. The Morgan fingerprint density at radius 3 is 0.907 bits per heavy atom. The molecule has 3 saturated heterocycles. The maximum Gasteiger partial charge on any atom is 0.145 e. The van der Waals surface area contributed by atoms with Crippen LogP contribution < -0.4 is 0 Å². The molecule has 224 valence electrons. The lowest BCUT2D eigenvalue weighted by atomic mass is 9.75. The van der Waals surface area contributed by atoms with Crippen molar-refractivity contribution in [2.45, 2.75) is 130 Å². The summed E-state index contributed by atoms with van der Waals surface area (Å²) in [6.07, 6.45) is 13.5. The summed E-state index contributed by atoms with van der Waals surface area (Å²) >= 11 is 0. The first kappa shape index (κ1) is 26.9. The smallest absolute Gasteiger partial charge is 0.145 e. The van der Waals surface area contributed by atoms with Gasteiger partial charge in [0.2, 0.25) is 0 Å². The summed E-state index contributed by atoms with van der Waals surface area (Å²) in [7, 11) is 0. The minimum Gasteiger partial charge on any atom is -0.349 e. The van der Waals surface area contributed by atoms with E-state index in [1.807, 2.05) is 0 Å². The Hall–Kier alpha value is -2.50. The van der Waals surface area contributed by atoms with Gasteiger partial charge in [-0.15, -0.1) is 0 Å². The normalized spacial score (nSPS) is 42.1. The van der Waals surface area contributed by atoms with Gasteiger partial charge in [-0.25, -0.2) is 4.90 Å². The summed E-state index contributed by atoms with van der Waals surface area (Å²) in [5, 5.41) is 0. The van der Waals surface area contributed by atoms with Crippen molar-refractivity contribution in [1.82, 2.24) is 4.90 Å². The molecule has 3 heterocycles. The molecule has 0 aromatic heterocycles. The van der Waals surface area contributed by atoms with Gasteiger partial charge >= 0.3 is 0 Å². The molecule has 3 saturated carbocycles. The zero-order valence-electron chi connectivity index (χ0n) is 25.3. The Labute approximate surface area is 256 Å². The van der Waals surface area contributed by atoms with Crippen LogP contribution in [0.2, 0.25) is 0 Å². The quantitative estimate of drug-likeness (QED) is 0.313. The van der Waals surface area contributed by atoms with Gasteiger partial charge in [-0.3, -0.25) is 0 Å². The number of rotatable bonds is 3. The third kappa shape index (κ3) is 4.24. The van der Waals surface area contributed by atoms with Crippen molar-refractivity contribution in [3.8, 4) is 0 Å². The van der Waals surface area contributed by atoms with E-state index in [1.54, 1.807) is 0 Å². The summed E-state index contributed by atoms with van der Waals surface area (Å²) < 4.78 is 22.1. The summed E-state index contributed by atoms with van der Waals surface area (Å²) in [5.74, 6) is 1.85. The number of ether oxygens (including phenoxy) is 3. The molecule has 0 radical (unpaired) electrons. The topological polar surface area (TPSA) is 30.9 Å². The second-order valence-electron chi connectivity index (χ2n) is 14.6. The van der Waals surface area contributed by atoms with Gasteiger partial charge < -0.3 is 14.2 Å². The van der Waals surface area contributed by atoms with Gasteiger partial charge in [0.05, 0.1) is 0 Å². The van der Waals surface area contributed by atoms with E-state index < -0.39 is 0 Å². The van der Waals surface area contributed by atoms with Gasteiger partial charge in [0.1, 0.15) is 35.5 Å². The van der Waals surface area contributed by atoms with Crippen LogP contribution in [0.5, 0.6) is 0 Å². The number of benzene rings is 3. The van der Waals surface area contributed by atoms with Crippen LogP contribution in [0.1, 0.15) is 111 Å². The van der Waals surface area contributed by atoms with Crippen molar-refractivity contribution in [2.75, 3.05) is 0 Å². The molecule has 3 aromatic rings. The Morgan fingerprint density at radius 1 is 0.395 bits per heavy atom. The second-order valence-corrected chi connectivity index (χ2v) is 14.6. The Bertz CT molecular complexity index is 1230. The molecule has 0 bridgehead atoms. The first-order valence-electron chi connectivity index (χ1n) is 17.1. The van der Waals surface area contributed by atoms with Gasteiger partial charge in [-0.1, -0.05) is 91.0 Å². The monoisotopic (exact) mass is 575 g/mol. The highest BCUT2D eigenvalue weighted by molar-refractivity contribution is 5.26. The second kappa shape index (κ2) is 10.3. The molecule has 6 fully saturated rings. The molecule has 3 aromatic carbocycles. The highest BCUT2D eigenvalue weighted by Crippen LogP contribution is 2.64. The molecular formula is C39H45NO3. The van der Waals surface area contributed by atoms with Crippen molar-refractivity contribution >= 4 is 0 Å². The summed E-state index contributed by atoms with van der Waals surface area (Å²) in [4.78, 5) is 2.63. The molecule has 3 atom stereocenters. The molecule has 0 unspecified atom stereocenters. The van der Waals surface area contributed by atoms with Crippen LogP contribution in [-0.2, 0) is 14.2 Å². The summed E-state index contributed by atoms with van der Waals surface area (Å²) in [6.45, 7) is 0. The zero-order valence-corrected chi connectivity index (χ0v) is 25.3. The number of hydrogen-bond acceptors (Lipinski definition) is 4. The maximum atomic E-state index is 7.37. The third-order valence-corrected chi connectivity index (χ3v) is 12.5. The zero-order chi connectivity index (χ0) is 28.5.